The number of benzene rings is 3. The summed E-state index contributed by atoms with van der Waals surface area (Å²) in [5.41, 5.74) is 5.33. The van der Waals surface area contributed by atoms with Crippen LogP contribution < -0.4 is 9.62 Å². The molecule has 0 unspecified atom stereocenters. The SMILES string of the molecule is Cc1cccc(N(Cc2ccc(C(=O)NCc3ccc(CN4CCCCC4)cc3)cc2)S(C)(=O)=O)c1. The highest BCUT2D eigenvalue weighted by atomic mass is 32.2. The number of piperidine rings is 1. The molecule has 1 saturated heterocycles. The summed E-state index contributed by atoms with van der Waals surface area (Å²) >= 11 is 0. The molecule has 1 aliphatic heterocycles. The van der Waals surface area contributed by atoms with E-state index in [0.717, 1.165) is 23.2 Å². The first kappa shape index (κ1) is 25.9. The summed E-state index contributed by atoms with van der Waals surface area (Å²) in [6.45, 7) is 5.93. The summed E-state index contributed by atoms with van der Waals surface area (Å²) < 4.78 is 26.2. The van der Waals surface area contributed by atoms with Crippen molar-refractivity contribution in [3.8, 4) is 0 Å². The maximum atomic E-state index is 12.7. The molecule has 0 aromatic heterocycles. The monoisotopic (exact) mass is 505 g/mol. The Morgan fingerprint density at radius 2 is 1.53 bits per heavy atom. The highest BCUT2D eigenvalue weighted by Crippen LogP contribution is 2.22. The fourth-order valence-electron chi connectivity index (χ4n) is 4.53. The van der Waals surface area contributed by atoms with Crippen molar-refractivity contribution >= 4 is 21.6 Å². The van der Waals surface area contributed by atoms with E-state index in [-0.39, 0.29) is 12.5 Å². The van der Waals surface area contributed by atoms with Crippen LogP contribution in [0.2, 0.25) is 0 Å². The van der Waals surface area contributed by atoms with Gasteiger partial charge >= 0.3 is 0 Å². The Morgan fingerprint density at radius 1 is 0.889 bits per heavy atom. The Kier molecular flexibility index (Phi) is 8.44. The van der Waals surface area contributed by atoms with Gasteiger partial charge in [0, 0.05) is 18.7 Å². The van der Waals surface area contributed by atoms with Crippen molar-refractivity contribution in [3.05, 3.63) is 101 Å². The van der Waals surface area contributed by atoms with Gasteiger partial charge in [-0.25, -0.2) is 8.42 Å². The maximum absolute atomic E-state index is 12.7. The van der Waals surface area contributed by atoms with Crippen LogP contribution in [0.4, 0.5) is 5.69 Å². The van der Waals surface area contributed by atoms with Gasteiger partial charge in [-0.05, 0) is 79.4 Å². The van der Waals surface area contributed by atoms with Gasteiger partial charge in [-0.15, -0.1) is 0 Å². The first-order valence-electron chi connectivity index (χ1n) is 12.5. The minimum absolute atomic E-state index is 0.155. The van der Waals surface area contributed by atoms with E-state index >= 15 is 0 Å². The number of nitrogens with one attached hydrogen (secondary N) is 1. The predicted molar refractivity (Wildman–Crippen MR) is 145 cm³/mol. The second kappa shape index (κ2) is 11.7. The Bertz CT molecular complexity index is 1270. The molecule has 1 heterocycles. The average molecular weight is 506 g/mol. The van der Waals surface area contributed by atoms with Gasteiger partial charge in [-0.3, -0.25) is 14.0 Å². The standard InChI is InChI=1S/C29H35N3O3S/c1-23-7-6-8-28(19-23)32(36(2,34)35)22-26-13-15-27(16-14-26)29(33)30-20-24-9-11-25(12-10-24)21-31-17-4-3-5-18-31/h6-16,19H,3-5,17-18,20-22H2,1-2H3,(H,30,33). The Labute approximate surface area is 215 Å². The van der Waals surface area contributed by atoms with Crippen molar-refractivity contribution in [2.45, 2.75) is 45.8 Å². The summed E-state index contributed by atoms with van der Waals surface area (Å²) in [4.78, 5) is 15.2. The lowest BCUT2D eigenvalue weighted by molar-refractivity contribution is 0.0951. The molecule has 0 aliphatic carbocycles. The summed E-state index contributed by atoms with van der Waals surface area (Å²) in [6.07, 6.45) is 5.11. The maximum Gasteiger partial charge on any atom is 0.251 e. The number of amides is 1. The number of likely N-dealkylation sites (tertiary alicyclic amines) is 1. The molecule has 0 saturated carbocycles. The van der Waals surface area contributed by atoms with E-state index in [1.807, 2.05) is 25.1 Å². The minimum Gasteiger partial charge on any atom is -0.348 e. The molecule has 0 spiro atoms. The molecular formula is C29H35N3O3S. The lowest BCUT2D eigenvalue weighted by atomic mass is 10.1. The zero-order valence-corrected chi connectivity index (χ0v) is 21.9. The van der Waals surface area contributed by atoms with Crippen LogP contribution in [0, 0.1) is 6.92 Å². The van der Waals surface area contributed by atoms with Crippen LogP contribution in [0.25, 0.3) is 0 Å². The summed E-state index contributed by atoms with van der Waals surface area (Å²) in [6, 6.07) is 22.9. The van der Waals surface area contributed by atoms with E-state index in [1.54, 1.807) is 30.3 Å². The van der Waals surface area contributed by atoms with E-state index in [0.29, 0.717) is 17.8 Å². The van der Waals surface area contributed by atoms with Gasteiger partial charge in [-0.2, -0.15) is 0 Å². The molecule has 36 heavy (non-hydrogen) atoms. The molecule has 4 rings (SSSR count). The van der Waals surface area contributed by atoms with Crippen molar-refractivity contribution in [1.82, 2.24) is 10.2 Å². The summed E-state index contributed by atoms with van der Waals surface area (Å²) in [5.74, 6) is -0.155. The molecule has 0 atom stereocenters. The summed E-state index contributed by atoms with van der Waals surface area (Å²) in [7, 11) is -3.46. The van der Waals surface area contributed by atoms with Gasteiger partial charge in [0.05, 0.1) is 18.5 Å². The molecule has 6 nitrogen and oxygen atoms in total. The number of rotatable bonds is 9. The second-order valence-electron chi connectivity index (χ2n) is 9.64. The third kappa shape index (κ3) is 7.18. The van der Waals surface area contributed by atoms with Crippen LogP contribution in [0.15, 0.2) is 72.8 Å². The topological polar surface area (TPSA) is 69.7 Å². The first-order valence-corrected chi connectivity index (χ1v) is 14.3. The lowest BCUT2D eigenvalue weighted by Gasteiger charge is -2.26. The minimum atomic E-state index is -3.46. The molecule has 7 heteroatoms. The van der Waals surface area contributed by atoms with E-state index in [1.165, 1.54) is 48.5 Å². The van der Waals surface area contributed by atoms with Crippen molar-refractivity contribution in [2.24, 2.45) is 0 Å². The van der Waals surface area contributed by atoms with Crippen LogP contribution >= 0.6 is 0 Å². The van der Waals surface area contributed by atoms with Crippen molar-refractivity contribution in [3.63, 3.8) is 0 Å². The van der Waals surface area contributed by atoms with Crippen molar-refractivity contribution in [1.29, 1.82) is 0 Å². The largest absolute Gasteiger partial charge is 0.348 e. The number of hydrogen-bond acceptors (Lipinski definition) is 4. The zero-order chi connectivity index (χ0) is 25.5. The van der Waals surface area contributed by atoms with Gasteiger partial charge in [0.1, 0.15) is 0 Å². The number of hydrogen-bond donors (Lipinski definition) is 1. The highest BCUT2D eigenvalue weighted by molar-refractivity contribution is 7.92. The normalized spacial score (nSPS) is 14.4. The van der Waals surface area contributed by atoms with Gasteiger partial charge in [0.15, 0.2) is 0 Å². The fourth-order valence-corrected chi connectivity index (χ4v) is 5.41. The quantitative estimate of drug-likeness (QED) is 0.450. The van der Waals surface area contributed by atoms with E-state index < -0.39 is 10.0 Å². The number of sulfonamides is 1. The zero-order valence-electron chi connectivity index (χ0n) is 21.1. The third-order valence-corrected chi connectivity index (χ3v) is 7.70. The lowest BCUT2D eigenvalue weighted by Crippen LogP contribution is -2.29. The Morgan fingerprint density at radius 3 is 2.17 bits per heavy atom. The molecule has 190 valence electrons. The third-order valence-electron chi connectivity index (χ3n) is 6.56. The molecule has 0 radical (unpaired) electrons. The van der Waals surface area contributed by atoms with Gasteiger partial charge in [-0.1, -0.05) is 55.0 Å². The molecule has 3 aromatic rings. The summed E-state index contributed by atoms with van der Waals surface area (Å²) in [5, 5.41) is 2.98. The van der Waals surface area contributed by atoms with E-state index in [2.05, 4.69) is 34.5 Å². The smallest absolute Gasteiger partial charge is 0.251 e. The van der Waals surface area contributed by atoms with Crippen LogP contribution in [0.3, 0.4) is 0 Å². The number of carbonyl (C=O) groups excluding carboxylic acids is 1. The van der Waals surface area contributed by atoms with Gasteiger partial charge in [0.25, 0.3) is 5.91 Å². The highest BCUT2D eigenvalue weighted by Gasteiger charge is 2.18. The number of anilines is 1. The van der Waals surface area contributed by atoms with E-state index in [4.69, 9.17) is 0 Å². The van der Waals surface area contributed by atoms with Gasteiger partial charge < -0.3 is 5.32 Å². The van der Waals surface area contributed by atoms with Crippen LogP contribution in [-0.4, -0.2) is 38.6 Å². The molecule has 3 aromatic carbocycles. The predicted octanol–water partition coefficient (Wildman–Crippen LogP) is 4.88. The Hall–Kier alpha value is -3.16. The molecule has 1 amide bonds. The van der Waals surface area contributed by atoms with Crippen LogP contribution in [0.5, 0.6) is 0 Å². The number of aryl methyl sites for hydroxylation is 1. The molecular weight excluding hydrogens is 470 g/mol. The van der Waals surface area contributed by atoms with Crippen LogP contribution in [0.1, 0.15) is 51.9 Å². The van der Waals surface area contributed by atoms with Crippen molar-refractivity contribution in [2.75, 3.05) is 23.7 Å². The Balaban J connectivity index is 1.33. The number of carbonyl (C=O) groups is 1. The number of nitrogens with zero attached hydrogens (tertiary/aromatic N) is 2. The first-order chi connectivity index (χ1) is 17.3. The molecule has 1 fully saturated rings. The van der Waals surface area contributed by atoms with E-state index in [9.17, 15) is 13.2 Å². The second-order valence-corrected chi connectivity index (χ2v) is 11.5. The fraction of sp³-hybridized carbons (Fsp3) is 0.345. The molecule has 1 aliphatic rings. The van der Waals surface area contributed by atoms with Crippen LogP contribution in [-0.2, 0) is 29.7 Å². The van der Waals surface area contributed by atoms with Crippen molar-refractivity contribution < 1.29 is 13.2 Å². The van der Waals surface area contributed by atoms with Gasteiger partial charge in [0.2, 0.25) is 10.0 Å². The molecule has 0 bridgehead atoms. The molecule has 1 N–H and O–H groups in total. The average Bonchev–Trinajstić information content (AvgIpc) is 2.87.